The molecule has 0 aliphatic carbocycles. The molecule has 10 heteroatoms. The van der Waals surface area contributed by atoms with E-state index in [1.54, 1.807) is 31.2 Å². The molecule has 1 aliphatic heterocycles. The predicted octanol–water partition coefficient (Wildman–Crippen LogP) is 3.67. The zero-order valence-electron chi connectivity index (χ0n) is 17.4. The lowest BCUT2D eigenvalue weighted by Crippen LogP contribution is -2.35. The number of rotatable bonds is 5. The van der Waals surface area contributed by atoms with E-state index in [0.29, 0.717) is 24.0 Å². The summed E-state index contributed by atoms with van der Waals surface area (Å²) in [4.78, 5) is 32.1. The van der Waals surface area contributed by atoms with Crippen molar-refractivity contribution in [2.24, 2.45) is 0 Å². The van der Waals surface area contributed by atoms with Crippen LogP contribution in [0.4, 0.5) is 0 Å². The van der Waals surface area contributed by atoms with Crippen LogP contribution in [0.2, 0.25) is 5.02 Å². The average molecular weight is 476 g/mol. The first-order chi connectivity index (χ1) is 15.3. The molecule has 2 aromatic carbocycles. The summed E-state index contributed by atoms with van der Waals surface area (Å²) < 4.78 is 32.8. The number of hydrogen-bond acceptors (Lipinski definition) is 6. The maximum atomic E-state index is 13.0. The summed E-state index contributed by atoms with van der Waals surface area (Å²) >= 11 is 6.18. The van der Waals surface area contributed by atoms with Crippen molar-refractivity contribution in [3.05, 3.63) is 69.2 Å². The average Bonchev–Trinajstić information content (AvgIpc) is 2.79. The normalized spacial score (nSPS) is 16.1. The van der Waals surface area contributed by atoms with Gasteiger partial charge in [0.1, 0.15) is 0 Å². The Balaban J connectivity index is 1.59. The second kappa shape index (κ2) is 9.01. The molecule has 0 spiro atoms. The molecule has 32 heavy (non-hydrogen) atoms. The number of sulfonamides is 1. The molecule has 1 saturated heterocycles. The first kappa shape index (κ1) is 22.4. The highest BCUT2D eigenvalue weighted by molar-refractivity contribution is 7.89. The summed E-state index contributed by atoms with van der Waals surface area (Å²) in [5.74, 6) is -0.635. The number of H-pyrrole nitrogens is 1. The Kier molecular flexibility index (Phi) is 6.32. The molecule has 0 radical (unpaired) electrons. The van der Waals surface area contributed by atoms with Crippen LogP contribution in [-0.2, 0) is 14.8 Å². The molecule has 0 bridgehead atoms. The van der Waals surface area contributed by atoms with Crippen LogP contribution in [0, 0.1) is 0 Å². The van der Waals surface area contributed by atoms with Crippen molar-refractivity contribution in [1.82, 2.24) is 14.3 Å². The lowest BCUT2D eigenvalue weighted by Gasteiger charge is -2.26. The Morgan fingerprint density at radius 1 is 1.16 bits per heavy atom. The highest BCUT2D eigenvalue weighted by Crippen LogP contribution is 2.27. The van der Waals surface area contributed by atoms with Crippen LogP contribution in [0.15, 0.2) is 52.2 Å². The van der Waals surface area contributed by atoms with E-state index in [2.05, 4.69) is 9.97 Å². The van der Waals surface area contributed by atoms with Gasteiger partial charge in [-0.05, 0) is 50.1 Å². The summed E-state index contributed by atoms with van der Waals surface area (Å²) in [5.41, 5.74) is 0.0581. The molecule has 1 fully saturated rings. The number of aromatic nitrogens is 2. The van der Waals surface area contributed by atoms with Gasteiger partial charge in [0.15, 0.2) is 11.9 Å². The predicted molar refractivity (Wildman–Crippen MR) is 120 cm³/mol. The van der Waals surface area contributed by atoms with E-state index in [4.69, 9.17) is 16.3 Å². The van der Waals surface area contributed by atoms with E-state index in [0.717, 1.165) is 19.3 Å². The minimum atomic E-state index is -3.74. The molecule has 0 saturated carbocycles. The number of nitrogens with zero attached hydrogens (tertiary/aromatic N) is 2. The number of para-hydroxylation sites is 1. The topological polar surface area (TPSA) is 109 Å². The van der Waals surface area contributed by atoms with Gasteiger partial charge < -0.3 is 9.72 Å². The summed E-state index contributed by atoms with van der Waals surface area (Å²) in [6.45, 7) is 2.46. The molecular formula is C22H22ClN3O5S. The molecule has 1 aromatic heterocycles. The zero-order chi connectivity index (χ0) is 22.9. The summed E-state index contributed by atoms with van der Waals surface area (Å²) in [7, 11) is -3.74. The Bertz CT molecular complexity index is 1330. The maximum Gasteiger partial charge on any atom is 0.340 e. The number of fused-ring (bicyclic) bond motifs is 1. The van der Waals surface area contributed by atoms with E-state index < -0.39 is 22.1 Å². The second-order valence-corrected chi connectivity index (χ2v) is 9.97. The largest absolute Gasteiger partial charge is 0.451 e. The van der Waals surface area contributed by atoms with Gasteiger partial charge in [0.25, 0.3) is 5.56 Å². The Hall–Kier alpha value is -2.75. The van der Waals surface area contributed by atoms with Crippen LogP contribution in [-0.4, -0.2) is 41.7 Å². The standard InChI is InChI=1S/C22H22ClN3O5S/c1-14(20-24-19-8-4-3-7-16(19)21(27)25-20)31-22(28)17-13-15(9-10-18(17)23)32(29,30)26-11-5-2-6-12-26/h3-4,7-10,13-14H,2,5-6,11-12H2,1H3,(H,24,25,27)/t14-/m0/s1. The van der Waals surface area contributed by atoms with Gasteiger partial charge >= 0.3 is 5.97 Å². The van der Waals surface area contributed by atoms with E-state index in [1.807, 2.05) is 0 Å². The van der Waals surface area contributed by atoms with Crippen molar-refractivity contribution in [2.75, 3.05) is 13.1 Å². The van der Waals surface area contributed by atoms with Gasteiger partial charge in [-0.3, -0.25) is 4.79 Å². The SMILES string of the molecule is C[C@H](OC(=O)c1cc(S(=O)(=O)N2CCCCC2)ccc1Cl)c1nc2ccccc2c(=O)[nH]1. The number of carbonyl (C=O) groups is 1. The third-order valence-corrected chi connectivity index (χ3v) is 7.63. The van der Waals surface area contributed by atoms with Gasteiger partial charge in [-0.25, -0.2) is 18.2 Å². The Morgan fingerprint density at radius 2 is 1.88 bits per heavy atom. The quantitative estimate of drug-likeness (QED) is 0.564. The molecule has 4 rings (SSSR count). The number of hydrogen-bond donors (Lipinski definition) is 1. The van der Waals surface area contributed by atoms with E-state index >= 15 is 0 Å². The van der Waals surface area contributed by atoms with E-state index in [-0.39, 0.29) is 26.9 Å². The molecule has 2 heterocycles. The zero-order valence-corrected chi connectivity index (χ0v) is 18.9. The van der Waals surface area contributed by atoms with Crippen LogP contribution in [0.3, 0.4) is 0 Å². The molecule has 0 amide bonds. The molecule has 0 unspecified atom stereocenters. The summed E-state index contributed by atoms with van der Waals surface area (Å²) in [6.07, 6.45) is 1.71. The summed E-state index contributed by atoms with van der Waals surface area (Å²) in [6, 6.07) is 10.8. The smallest absolute Gasteiger partial charge is 0.340 e. The number of halogens is 1. The number of aromatic amines is 1. The summed E-state index contributed by atoms with van der Waals surface area (Å²) in [5, 5.41) is 0.494. The molecule has 168 valence electrons. The molecule has 1 atom stereocenters. The van der Waals surface area contributed by atoms with Crippen molar-refractivity contribution in [1.29, 1.82) is 0 Å². The number of esters is 1. The number of carbonyl (C=O) groups excluding carboxylic acids is 1. The number of piperidine rings is 1. The second-order valence-electron chi connectivity index (χ2n) is 7.62. The Morgan fingerprint density at radius 3 is 2.62 bits per heavy atom. The monoisotopic (exact) mass is 475 g/mol. The number of benzene rings is 2. The third-order valence-electron chi connectivity index (χ3n) is 5.41. The van der Waals surface area contributed by atoms with Crippen LogP contribution >= 0.6 is 11.6 Å². The fourth-order valence-electron chi connectivity index (χ4n) is 3.65. The van der Waals surface area contributed by atoms with Gasteiger partial charge in [-0.1, -0.05) is 30.2 Å². The molecule has 8 nitrogen and oxygen atoms in total. The minimum absolute atomic E-state index is 0.0133. The highest BCUT2D eigenvalue weighted by atomic mass is 35.5. The van der Waals surface area contributed by atoms with Gasteiger partial charge in [-0.2, -0.15) is 4.31 Å². The van der Waals surface area contributed by atoms with Crippen molar-refractivity contribution < 1.29 is 17.9 Å². The fraction of sp³-hybridized carbons (Fsp3) is 0.318. The molecular weight excluding hydrogens is 454 g/mol. The molecule has 3 aromatic rings. The third kappa shape index (κ3) is 4.41. The van der Waals surface area contributed by atoms with Gasteiger partial charge in [0, 0.05) is 13.1 Å². The molecule has 1 aliphatic rings. The van der Waals surface area contributed by atoms with E-state index in [9.17, 15) is 18.0 Å². The van der Waals surface area contributed by atoms with Gasteiger partial charge in [-0.15, -0.1) is 0 Å². The van der Waals surface area contributed by atoms with Gasteiger partial charge in [0.05, 0.1) is 26.4 Å². The lowest BCUT2D eigenvalue weighted by molar-refractivity contribution is 0.0320. The van der Waals surface area contributed by atoms with Crippen LogP contribution in [0.5, 0.6) is 0 Å². The first-order valence-corrected chi connectivity index (χ1v) is 12.1. The van der Waals surface area contributed by atoms with Crippen molar-refractivity contribution in [2.45, 2.75) is 37.2 Å². The van der Waals surface area contributed by atoms with Gasteiger partial charge in [0.2, 0.25) is 10.0 Å². The van der Waals surface area contributed by atoms with Crippen molar-refractivity contribution in [3.63, 3.8) is 0 Å². The van der Waals surface area contributed by atoms with E-state index in [1.165, 1.54) is 22.5 Å². The minimum Gasteiger partial charge on any atom is -0.451 e. The maximum absolute atomic E-state index is 13.0. The van der Waals surface area contributed by atoms with Crippen LogP contribution in [0.1, 0.15) is 48.5 Å². The highest BCUT2D eigenvalue weighted by Gasteiger charge is 2.28. The Labute approximate surface area is 190 Å². The lowest BCUT2D eigenvalue weighted by atomic mass is 10.2. The molecule has 1 N–H and O–H groups in total. The number of ether oxygens (including phenoxy) is 1. The fourth-order valence-corrected chi connectivity index (χ4v) is 5.39. The van der Waals surface area contributed by atoms with Crippen molar-refractivity contribution in [3.8, 4) is 0 Å². The van der Waals surface area contributed by atoms with Crippen LogP contribution < -0.4 is 5.56 Å². The first-order valence-electron chi connectivity index (χ1n) is 10.3. The van der Waals surface area contributed by atoms with Crippen molar-refractivity contribution >= 4 is 38.5 Å². The number of nitrogens with one attached hydrogen (secondary N) is 1. The van der Waals surface area contributed by atoms with Crippen LogP contribution in [0.25, 0.3) is 10.9 Å².